The maximum Gasteiger partial charge on any atom is 0.321 e. The fraction of sp³-hybridized carbons (Fsp3) is 0.562. The third kappa shape index (κ3) is 6.05. The smallest absolute Gasteiger partial charge is 0.321 e. The molecule has 2 rings (SSSR count). The molecule has 1 aromatic rings. The standard InChI is InChI=1S/C16H26N4O3/c1-19-7-9-20(10-8-19)15-5-3-14(4-6-15)18-16(21)17-13-23-12-11-22-2/h3-6H,7-13H2,1-2H3,(H2,17,18,21). The fourth-order valence-corrected chi connectivity index (χ4v) is 2.33. The number of carbonyl (C=O) groups excluding carboxylic acids is 1. The summed E-state index contributed by atoms with van der Waals surface area (Å²) < 4.78 is 10.0. The maximum atomic E-state index is 11.7. The Morgan fingerprint density at radius 2 is 1.83 bits per heavy atom. The van der Waals surface area contributed by atoms with Crippen LogP contribution in [0.5, 0.6) is 0 Å². The van der Waals surface area contributed by atoms with Crippen LogP contribution in [-0.2, 0) is 9.47 Å². The van der Waals surface area contributed by atoms with E-state index in [0.29, 0.717) is 13.2 Å². The van der Waals surface area contributed by atoms with E-state index < -0.39 is 0 Å². The van der Waals surface area contributed by atoms with Gasteiger partial charge in [-0.05, 0) is 31.3 Å². The second-order valence-corrected chi connectivity index (χ2v) is 5.51. The lowest BCUT2D eigenvalue weighted by atomic mass is 10.2. The van der Waals surface area contributed by atoms with Crippen molar-refractivity contribution in [3.8, 4) is 0 Å². The van der Waals surface area contributed by atoms with Crippen molar-refractivity contribution in [2.45, 2.75) is 0 Å². The average Bonchev–Trinajstić information content (AvgIpc) is 2.56. The molecule has 1 aliphatic rings. The Balaban J connectivity index is 1.73. The molecule has 1 aromatic carbocycles. The topological polar surface area (TPSA) is 66.1 Å². The van der Waals surface area contributed by atoms with Crippen molar-refractivity contribution >= 4 is 17.4 Å². The molecule has 2 N–H and O–H groups in total. The maximum absolute atomic E-state index is 11.7. The summed E-state index contributed by atoms with van der Waals surface area (Å²) >= 11 is 0. The third-order valence-corrected chi connectivity index (χ3v) is 3.76. The highest BCUT2D eigenvalue weighted by Crippen LogP contribution is 2.19. The molecule has 0 saturated carbocycles. The molecular weight excluding hydrogens is 296 g/mol. The predicted octanol–water partition coefficient (Wildman–Crippen LogP) is 1.18. The average molecular weight is 322 g/mol. The summed E-state index contributed by atoms with van der Waals surface area (Å²) in [6, 6.07) is 7.62. The lowest BCUT2D eigenvalue weighted by molar-refractivity contribution is 0.0650. The molecule has 0 aliphatic carbocycles. The molecule has 2 amide bonds. The molecule has 7 heteroatoms. The summed E-state index contributed by atoms with van der Waals surface area (Å²) in [4.78, 5) is 16.4. The number of benzene rings is 1. The summed E-state index contributed by atoms with van der Waals surface area (Å²) in [6.45, 7) is 5.34. The molecule has 1 aliphatic heterocycles. The zero-order chi connectivity index (χ0) is 16.5. The quantitative estimate of drug-likeness (QED) is 0.583. The molecule has 0 spiro atoms. The van der Waals surface area contributed by atoms with E-state index in [4.69, 9.17) is 9.47 Å². The summed E-state index contributed by atoms with van der Waals surface area (Å²) in [7, 11) is 3.75. The van der Waals surface area contributed by atoms with Gasteiger partial charge in [0.05, 0.1) is 13.2 Å². The van der Waals surface area contributed by atoms with Gasteiger partial charge in [0, 0.05) is 44.7 Å². The highest BCUT2D eigenvalue weighted by Gasteiger charge is 2.14. The van der Waals surface area contributed by atoms with Crippen LogP contribution in [0, 0.1) is 0 Å². The fourth-order valence-electron chi connectivity index (χ4n) is 2.33. The van der Waals surface area contributed by atoms with Gasteiger partial charge in [0.1, 0.15) is 6.73 Å². The van der Waals surface area contributed by atoms with Crippen LogP contribution in [0.4, 0.5) is 16.2 Å². The molecule has 1 heterocycles. The molecule has 0 atom stereocenters. The van der Waals surface area contributed by atoms with Crippen molar-refractivity contribution in [2.75, 3.05) is 70.5 Å². The monoisotopic (exact) mass is 322 g/mol. The van der Waals surface area contributed by atoms with Crippen molar-refractivity contribution in [2.24, 2.45) is 0 Å². The van der Waals surface area contributed by atoms with E-state index in [-0.39, 0.29) is 12.8 Å². The zero-order valence-corrected chi connectivity index (χ0v) is 13.9. The number of hydrogen-bond donors (Lipinski definition) is 2. The number of rotatable bonds is 7. The zero-order valence-electron chi connectivity index (χ0n) is 13.9. The molecule has 0 aromatic heterocycles. The van der Waals surface area contributed by atoms with Gasteiger partial charge in [-0.15, -0.1) is 0 Å². The van der Waals surface area contributed by atoms with Gasteiger partial charge in [-0.1, -0.05) is 0 Å². The molecule has 0 bridgehead atoms. The molecule has 7 nitrogen and oxygen atoms in total. The van der Waals surface area contributed by atoms with Crippen LogP contribution >= 0.6 is 0 Å². The van der Waals surface area contributed by atoms with E-state index in [1.54, 1.807) is 7.11 Å². The second kappa shape index (κ2) is 9.34. The van der Waals surface area contributed by atoms with Crippen molar-refractivity contribution in [1.29, 1.82) is 0 Å². The van der Waals surface area contributed by atoms with Gasteiger partial charge in [-0.25, -0.2) is 4.79 Å². The molecule has 1 fully saturated rings. The van der Waals surface area contributed by atoms with E-state index in [1.807, 2.05) is 24.3 Å². The number of amides is 2. The Bertz CT molecular complexity index is 473. The van der Waals surface area contributed by atoms with Crippen LogP contribution in [0.15, 0.2) is 24.3 Å². The highest BCUT2D eigenvalue weighted by atomic mass is 16.5. The lowest BCUT2D eigenvalue weighted by Gasteiger charge is -2.34. The Hall–Kier alpha value is -1.83. The van der Waals surface area contributed by atoms with Crippen LogP contribution in [0.3, 0.4) is 0 Å². The number of methoxy groups -OCH3 is 1. The van der Waals surface area contributed by atoms with Crippen molar-refractivity contribution in [3.05, 3.63) is 24.3 Å². The molecule has 0 radical (unpaired) electrons. The van der Waals surface area contributed by atoms with Gasteiger partial charge in [-0.2, -0.15) is 0 Å². The van der Waals surface area contributed by atoms with Crippen LogP contribution in [0.1, 0.15) is 0 Å². The number of likely N-dealkylation sites (N-methyl/N-ethyl adjacent to an activating group) is 1. The van der Waals surface area contributed by atoms with E-state index in [0.717, 1.165) is 31.9 Å². The summed E-state index contributed by atoms with van der Waals surface area (Å²) in [6.07, 6.45) is 0. The van der Waals surface area contributed by atoms with E-state index in [9.17, 15) is 4.79 Å². The number of hydrogen-bond acceptors (Lipinski definition) is 5. The first-order chi connectivity index (χ1) is 11.2. The Morgan fingerprint density at radius 3 is 2.48 bits per heavy atom. The molecular formula is C16H26N4O3. The van der Waals surface area contributed by atoms with Crippen molar-refractivity contribution in [1.82, 2.24) is 10.2 Å². The molecule has 1 saturated heterocycles. The predicted molar refractivity (Wildman–Crippen MR) is 91.0 cm³/mol. The Kier molecular flexibility index (Phi) is 7.12. The third-order valence-electron chi connectivity index (χ3n) is 3.76. The minimum atomic E-state index is -0.283. The van der Waals surface area contributed by atoms with E-state index in [1.165, 1.54) is 5.69 Å². The van der Waals surface area contributed by atoms with Gasteiger partial charge >= 0.3 is 6.03 Å². The largest absolute Gasteiger partial charge is 0.382 e. The van der Waals surface area contributed by atoms with Gasteiger partial charge in [0.25, 0.3) is 0 Å². The lowest BCUT2D eigenvalue weighted by Crippen LogP contribution is -2.44. The minimum absolute atomic E-state index is 0.161. The number of nitrogens with one attached hydrogen (secondary N) is 2. The van der Waals surface area contributed by atoms with Crippen molar-refractivity contribution < 1.29 is 14.3 Å². The van der Waals surface area contributed by atoms with E-state index in [2.05, 4.69) is 27.5 Å². The van der Waals surface area contributed by atoms with Gasteiger partial charge in [0.2, 0.25) is 0 Å². The Morgan fingerprint density at radius 1 is 1.13 bits per heavy atom. The molecule has 0 unspecified atom stereocenters. The van der Waals surface area contributed by atoms with E-state index >= 15 is 0 Å². The van der Waals surface area contributed by atoms with Gasteiger partial charge < -0.3 is 29.9 Å². The van der Waals surface area contributed by atoms with Crippen molar-refractivity contribution in [3.63, 3.8) is 0 Å². The highest BCUT2D eigenvalue weighted by molar-refractivity contribution is 5.89. The minimum Gasteiger partial charge on any atom is -0.382 e. The first kappa shape index (κ1) is 17.5. The summed E-state index contributed by atoms with van der Waals surface area (Å²) in [5, 5.41) is 5.41. The SMILES string of the molecule is COCCOCNC(=O)Nc1ccc(N2CCN(C)CC2)cc1. The normalized spacial score (nSPS) is 15.5. The number of anilines is 2. The number of urea groups is 1. The summed E-state index contributed by atoms with van der Waals surface area (Å²) in [5.41, 5.74) is 1.95. The number of nitrogens with zero attached hydrogens (tertiary/aromatic N) is 2. The first-order valence-corrected chi connectivity index (χ1v) is 7.84. The van der Waals surface area contributed by atoms with Crippen LogP contribution in [0.25, 0.3) is 0 Å². The van der Waals surface area contributed by atoms with Crippen LogP contribution in [0.2, 0.25) is 0 Å². The first-order valence-electron chi connectivity index (χ1n) is 7.84. The molecule has 128 valence electrons. The van der Waals surface area contributed by atoms with Gasteiger partial charge in [-0.3, -0.25) is 0 Å². The van der Waals surface area contributed by atoms with Crippen LogP contribution in [-0.4, -0.2) is 71.2 Å². The number of piperazine rings is 1. The van der Waals surface area contributed by atoms with Gasteiger partial charge in [0.15, 0.2) is 0 Å². The molecule has 23 heavy (non-hydrogen) atoms. The number of ether oxygens (including phenoxy) is 2. The number of carbonyl (C=O) groups is 1. The second-order valence-electron chi connectivity index (χ2n) is 5.51. The van der Waals surface area contributed by atoms with Crippen LogP contribution < -0.4 is 15.5 Å². The summed E-state index contributed by atoms with van der Waals surface area (Å²) in [5.74, 6) is 0. The Labute approximate surface area is 137 Å².